The van der Waals surface area contributed by atoms with Gasteiger partial charge in [-0.1, -0.05) is 103 Å². The zero-order valence-electron chi connectivity index (χ0n) is 29.9. The van der Waals surface area contributed by atoms with Crippen LogP contribution in [0.15, 0.2) is 180 Å². The van der Waals surface area contributed by atoms with Crippen molar-refractivity contribution in [2.45, 2.75) is 0 Å². The molecule has 4 aromatic heterocycles. The average Bonchev–Trinajstić information content (AvgIpc) is 3.91. The highest BCUT2D eigenvalue weighted by Gasteiger charge is 2.29. The highest BCUT2D eigenvalue weighted by Crippen LogP contribution is 2.50. The lowest BCUT2D eigenvalue weighted by Gasteiger charge is -2.32. The van der Waals surface area contributed by atoms with Gasteiger partial charge in [0, 0.05) is 55.3 Å². The van der Waals surface area contributed by atoms with Crippen LogP contribution in [-0.4, -0.2) is 19.1 Å². The molecular weight excluding hydrogens is 687 g/mol. The van der Waals surface area contributed by atoms with Gasteiger partial charge in [-0.3, -0.25) is 4.57 Å². The Kier molecular flexibility index (Phi) is 5.80. The Hall–Kier alpha value is -7.70. The molecule has 13 rings (SSSR count). The van der Waals surface area contributed by atoms with E-state index in [1.165, 1.54) is 0 Å². The second-order valence-corrected chi connectivity index (χ2v) is 14.6. The van der Waals surface area contributed by atoms with Crippen LogP contribution in [0.1, 0.15) is 0 Å². The monoisotopic (exact) mass is 715 g/mol. The number of benzene rings is 8. The van der Waals surface area contributed by atoms with Gasteiger partial charge in [-0.25, -0.2) is 9.97 Å². The number of aromatic nitrogens is 4. The van der Waals surface area contributed by atoms with Crippen LogP contribution in [0.3, 0.4) is 0 Å². The Morgan fingerprint density at radius 2 is 1.11 bits per heavy atom. The van der Waals surface area contributed by atoms with Crippen molar-refractivity contribution in [1.29, 1.82) is 0 Å². The lowest BCUT2D eigenvalue weighted by atomic mass is 9.96. The predicted octanol–water partition coefficient (Wildman–Crippen LogP) is 13.2. The van der Waals surface area contributed by atoms with Crippen LogP contribution < -0.4 is 4.90 Å². The minimum absolute atomic E-state index is 0.645. The van der Waals surface area contributed by atoms with E-state index in [0.717, 1.165) is 110 Å². The summed E-state index contributed by atoms with van der Waals surface area (Å²) in [4.78, 5) is 13.3. The molecule has 260 valence electrons. The van der Waals surface area contributed by atoms with Gasteiger partial charge in [-0.15, -0.1) is 0 Å². The van der Waals surface area contributed by atoms with Crippen molar-refractivity contribution in [2.75, 3.05) is 4.90 Å². The summed E-state index contributed by atoms with van der Waals surface area (Å²) >= 11 is 0. The first kappa shape index (κ1) is 29.7. The van der Waals surface area contributed by atoms with Crippen LogP contribution in [0, 0.1) is 0 Å². The van der Waals surface area contributed by atoms with Crippen LogP contribution in [0.5, 0.6) is 0 Å². The van der Waals surface area contributed by atoms with Gasteiger partial charge in [0.15, 0.2) is 0 Å². The van der Waals surface area contributed by atoms with Crippen LogP contribution in [-0.2, 0) is 0 Å². The number of hydrogen-bond donors (Lipinski definition) is 0. The fourth-order valence-corrected chi connectivity index (χ4v) is 9.34. The molecule has 0 radical (unpaired) electrons. The number of nitrogens with zero attached hydrogens (tertiary/aromatic N) is 5. The van der Waals surface area contributed by atoms with Crippen molar-refractivity contribution in [3.8, 4) is 22.9 Å². The topological polar surface area (TPSA) is 52.0 Å². The van der Waals surface area contributed by atoms with Crippen LogP contribution in [0.4, 0.5) is 17.1 Å². The van der Waals surface area contributed by atoms with Gasteiger partial charge >= 0.3 is 0 Å². The Morgan fingerprint density at radius 1 is 0.411 bits per heavy atom. The molecule has 6 heteroatoms. The number of fused-ring (bicyclic) bond motifs is 12. The molecule has 1 aliphatic heterocycles. The molecule has 0 atom stereocenters. The Morgan fingerprint density at radius 3 is 2.00 bits per heavy atom. The molecule has 0 spiro atoms. The van der Waals surface area contributed by atoms with E-state index in [9.17, 15) is 0 Å². The second-order valence-electron chi connectivity index (χ2n) is 14.6. The smallest absolute Gasteiger partial charge is 0.235 e. The largest absolute Gasteiger partial charge is 0.456 e. The molecule has 0 saturated carbocycles. The molecule has 0 fully saturated rings. The third kappa shape index (κ3) is 3.89. The van der Waals surface area contributed by atoms with Crippen LogP contribution in [0.25, 0.3) is 99.3 Å². The van der Waals surface area contributed by atoms with Crippen LogP contribution >= 0.6 is 0 Å². The number of hydrogen-bond acceptors (Lipinski definition) is 4. The molecule has 56 heavy (non-hydrogen) atoms. The van der Waals surface area contributed by atoms with E-state index in [0.29, 0.717) is 5.95 Å². The van der Waals surface area contributed by atoms with Gasteiger partial charge in [0.05, 0.1) is 50.0 Å². The number of furan rings is 1. The summed E-state index contributed by atoms with van der Waals surface area (Å²) in [5, 5.41) is 7.91. The zero-order valence-corrected chi connectivity index (χ0v) is 29.9. The van der Waals surface area contributed by atoms with Gasteiger partial charge < -0.3 is 13.9 Å². The maximum Gasteiger partial charge on any atom is 0.235 e. The SMILES string of the molecule is c1ccc(N2c3ccccc3-c3nc(-n4c5ccccc5c5ccc6c(c7ccccc7n6-c6ccc7c(c6)oc6ccccc67)c54)nc4cccc2c34)cc1. The third-order valence-electron chi connectivity index (χ3n) is 11.6. The zero-order chi connectivity index (χ0) is 36.5. The van der Waals surface area contributed by atoms with Crippen molar-refractivity contribution < 1.29 is 4.42 Å². The fraction of sp³-hybridized carbons (Fsp3) is 0. The van der Waals surface area contributed by atoms with Gasteiger partial charge in [-0.05, 0) is 66.7 Å². The first-order valence-corrected chi connectivity index (χ1v) is 18.9. The average molecular weight is 716 g/mol. The Labute approximate surface area is 319 Å². The first-order valence-electron chi connectivity index (χ1n) is 18.9. The van der Waals surface area contributed by atoms with E-state index >= 15 is 0 Å². The lowest BCUT2D eigenvalue weighted by molar-refractivity contribution is 0.668. The second kappa shape index (κ2) is 10.9. The first-order chi connectivity index (χ1) is 27.8. The molecule has 0 bridgehead atoms. The standard InChI is InChI=1S/C50H29N5O/c1-2-13-30(14-3-1)53-41-22-10-6-18-37(41)48-47-38(19-12-23-42(47)53)51-50(52-48)55-39-20-8-4-15-32(39)35-27-28-43-46(49(35)55)36-17-5-9-21-40(36)54(43)31-25-26-34-33-16-7-11-24-44(33)56-45(34)29-31/h1-29H. The van der Waals surface area contributed by atoms with Gasteiger partial charge in [0.1, 0.15) is 11.2 Å². The van der Waals surface area contributed by atoms with E-state index < -0.39 is 0 Å². The van der Waals surface area contributed by atoms with E-state index in [4.69, 9.17) is 14.4 Å². The normalized spacial score (nSPS) is 12.6. The Bertz CT molecular complexity index is 3610. The number of anilines is 3. The predicted molar refractivity (Wildman–Crippen MR) is 229 cm³/mol. The van der Waals surface area contributed by atoms with E-state index in [1.54, 1.807) is 0 Å². The van der Waals surface area contributed by atoms with E-state index in [1.807, 2.05) is 12.1 Å². The molecule has 0 saturated heterocycles. The van der Waals surface area contributed by atoms with Crippen molar-refractivity contribution in [2.24, 2.45) is 0 Å². The van der Waals surface area contributed by atoms with Gasteiger partial charge in [0.25, 0.3) is 0 Å². The molecular formula is C50H29N5O. The summed E-state index contributed by atoms with van der Waals surface area (Å²) in [5.41, 5.74) is 13.4. The summed E-state index contributed by atoms with van der Waals surface area (Å²) in [6.07, 6.45) is 0. The minimum Gasteiger partial charge on any atom is -0.456 e. The summed E-state index contributed by atoms with van der Waals surface area (Å²) in [6.45, 7) is 0. The van der Waals surface area contributed by atoms with E-state index in [2.05, 4.69) is 178 Å². The lowest BCUT2D eigenvalue weighted by Crippen LogP contribution is -2.16. The highest BCUT2D eigenvalue weighted by molar-refractivity contribution is 6.26. The molecule has 6 nitrogen and oxygen atoms in total. The van der Waals surface area contributed by atoms with Crippen molar-refractivity contribution >= 4 is 93.5 Å². The van der Waals surface area contributed by atoms with Crippen molar-refractivity contribution in [1.82, 2.24) is 19.1 Å². The summed E-state index contributed by atoms with van der Waals surface area (Å²) < 4.78 is 11.1. The minimum atomic E-state index is 0.645. The molecule has 5 heterocycles. The molecule has 0 aliphatic carbocycles. The number of rotatable bonds is 3. The van der Waals surface area contributed by atoms with E-state index in [-0.39, 0.29) is 0 Å². The molecule has 8 aromatic carbocycles. The molecule has 12 aromatic rings. The Balaban J connectivity index is 1.13. The molecule has 0 unspecified atom stereocenters. The summed E-state index contributed by atoms with van der Waals surface area (Å²) in [5.74, 6) is 0.645. The van der Waals surface area contributed by atoms with Crippen LogP contribution in [0.2, 0.25) is 0 Å². The van der Waals surface area contributed by atoms with Gasteiger partial charge in [0.2, 0.25) is 5.95 Å². The summed E-state index contributed by atoms with van der Waals surface area (Å²) in [7, 11) is 0. The molecule has 1 aliphatic rings. The summed E-state index contributed by atoms with van der Waals surface area (Å²) in [6, 6.07) is 62.2. The van der Waals surface area contributed by atoms with Crippen molar-refractivity contribution in [3.63, 3.8) is 0 Å². The maximum absolute atomic E-state index is 6.39. The molecule has 0 N–H and O–H groups in total. The maximum atomic E-state index is 6.39. The van der Waals surface area contributed by atoms with Gasteiger partial charge in [-0.2, -0.15) is 0 Å². The molecule has 0 amide bonds. The quantitative estimate of drug-likeness (QED) is 0.183. The number of para-hydroxylation sites is 5. The van der Waals surface area contributed by atoms with Crippen molar-refractivity contribution in [3.05, 3.63) is 176 Å². The third-order valence-corrected chi connectivity index (χ3v) is 11.6. The fourth-order valence-electron chi connectivity index (χ4n) is 9.34. The highest BCUT2D eigenvalue weighted by atomic mass is 16.3.